The van der Waals surface area contributed by atoms with E-state index in [0.717, 1.165) is 16.7 Å². The van der Waals surface area contributed by atoms with E-state index in [0.29, 0.717) is 28.6 Å². The monoisotopic (exact) mass is 474 g/mol. The third-order valence-corrected chi connectivity index (χ3v) is 5.62. The van der Waals surface area contributed by atoms with Crippen molar-refractivity contribution in [2.24, 2.45) is 0 Å². The van der Waals surface area contributed by atoms with Crippen LogP contribution >= 0.6 is 0 Å². The van der Waals surface area contributed by atoms with Crippen LogP contribution in [-0.4, -0.2) is 24.6 Å². The molecule has 1 N–H and O–H groups in total. The molecular formula is C27H27FN4O3. The van der Waals surface area contributed by atoms with Gasteiger partial charge in [0.05, 0.1) is 16.9 Å². The smallest absolute Gasteiger partial charge is 0.264 e. The molecule has 0 saturated carbocycles. The van der Waals surface area contributed by atoms with Crippen molar-refractivity contribution in [1.29, 1.82) is 0 Å². The van der Waals surface area contributed by atoms with Crippen LogP contribution in [0.2, 0.25) is 0 Å². The maximum absolute atomic E-state index is 13.3. The Morgan fingerprint density at radius 1 is 1.06 bits per heavy atom. The molecule has 0 aliphatic carbocycles. The van der Waals surface area contributed by atoms with Gasteiger partial charge in [-0.05, 0) is 70.0 Å². The van der Waals surface area contributed by atoms with Crippen molar-refractivity contribution in [1.82, 2.24) is 19.5 Å². The van der Waals surface area contributed by atoms with E-state index in [-0.39, 0.29) is 23.9 Å². The number of hydrogen-bond donors (Lipinski definition) is 1. The molecule has 0 amide bonds. The number of hydrogen-bond acceptors (Lipinski definition) is 6. The predicted octanol–water partition coefficient (Wildman–Crippen LogP) is 4.56. The minimum Gasteiger partial charge on any atom is -0.472 e. The third kappa shape index (κ3) is 5.12. The molecular weight excluding hydrogens is 447 g/mol. The quantitative estimate of drug-likeness (QED) is 0.441. The van der Waals surface area contributed by atoms with Crippen molar-refractivity contribution < 1.29 is 14.2 Å². The van der Waals surface area contributed by atoms with Crippen LogP contribution in [0.15, 0.2) is 59.5 Å². The molecule has 180 valence electrons. The van der Waals surface area contributed by atoms with Gasteiger partial charge in [0.25, 0.3) is 5.56 Å². The van der Waals surface area contributed by atoms with E-state index in [1.807, 2.05) is 31.2 Å². The van der Waals surface area contributed by atoms with E-state index < -0.39 is 5.60 Å². The van der Waals surface area contributed by atoms with Crippen LogP contribution < -0.4 is 10.3 Å². The third-order valence-electron chi connectivity index (χ3n) is 5.62. The maximum Gasteiger partial charge on any atom is 0.264 e. The Kier molecular flexibility index (Phi) is 6.49. The van der Waals surface area contributed by atoms with Gasteiger partial charge in [0.1, 0.15) is 23.8 Å². The largest absolute Gasteiger partial charge is 0.472 e. The summed E-state index contributed by atoms with van der Waals surface area (Å²) in [5, 5.41) is 10.3. The molecule has 8 heteroatoms. The topological polar surface area (TPSA) is 90.1 Å². The maximum atomic E-state index is 13.3. The lowest BCUT2D eigenvalue weighted by atomic mass is 10.0. The molecule has 0 saturated heterocycles. The van der Waals surface area contributed by atoms with Crippen molar-refractivity contribution in [2.75, 3.05) is 0 Å². The Hall–Kier alpha value is -3.91. The molecule has 4 aromatic rings. The van der Waals surface area contributed by atoms with Crippen LogP contribution in [0, 0.1) is 26.6 Å². The molecule has 0 radical (unpaired) electrons. The lowest BCUT2D eigenvalue weighted by Gasteiger charge is -2.18. The Balaban J connectivity index is 1.70. The van der Waals surface area contributed by atoms with Gasteiger partial charge in [-0.25, -0.2) is 14.4 Å². The zero-order chi connectivity index (χ0) is 25.3. The first-order valence-corrected chi connectivity index (χ1v) is 11.2. The first-order valence-electron chi connectivity index (χ1n) is 11.2. The summed E-state index contributed by atoms with van der Waals surface area (Å²) < 4.78 is 20.4. The minimum atomic E-state index is -1.18. The number of rotatable bonds is 6. The molecule has 0 bridgehead atoms. The summed E-state index contributed by atoms with van der Waals surface area (Å²) in [7, 11) is 0. The van der Waals surface area contributed by atoms with Crippen LogP contribution in [0.1, 0.15) is 42.2 Å². The Morgan fingerprint density at radius 2 is 1.77 bits per heavy atom. The normalized spacial score (nSPS) is 11.5. The number of ether oxygens (including phenoxy) is 1. The van der Waals surface area contributed by atoms with Gasteiger partial charge in [-0.3, -0.25) is 9.36 Å². The van der Waals surface area contributed by atoms with Crippen molar-refractivity contribution in [3.05, 3.63) is 99.2 Å². The highest BCUT2D eigenvalue weighted by Gasteiger charge is 2.21. The fourth-order valence-corrected chi connectivity index (χ4v) is 3.69. The van der Waals surface area contributed by atoms with E-state index >= 15 is 0 Å². The van der Waals surface area contributed by atoms with Crippen LogP contribution in [0.5, 0.6) is 5.88 Å². The van der Waals surface area contributed by atoms with Gasteiger partial charge in [0, 0.05) is 11.8 Å². The zero-order valence-electron chi connectivity index (χ0n) is 20.3. The van der Waals surface area contributed by atoms with Gasteiger partial charge in [-0.2, -0.15) is 4.98 Å². The molecule has 2 aromatic heterocycles. The number of halogens is 1. The summed E-state index contributed by atoms with van der Waals surface area (Å²) in [5.41, 5.74) is 2.64. The van der Waals surface area contributed by atoms with E-state index in [9.17, 15) is 14.3 Å². The molecule has 2 aromatic carbocycles. The fourth-order valence-electron chi connectivity index (χ4n) is 3.69. The van der Waals surface area contributed by atoms with Crippen molar-refractivity contribution in [2.45, 2.75) is 46.8 Å². The van der Waals surface area contributed by atoms with Gasteiger partial charge in [-0.1, -0.05) is 24.3 Å². The first kappa shape index (κ1) is 24.2. The second-order valence-electron chi connectivity index (χ2n) is 8.98. The first-order chi connectivity index (χ1) is 16.5. The molecule has 2 heterocycles. The fraction of sp³-hybridized carbons (Fsp3) is 0.259. The number of benzene rings is 2. The van der Waals surface area contributed by atoms with Crippen molar-refractivity contribution >= 4 is 0 Å². The van der Waals surface area contributed by atoms with Crippen LogP contribution in [0.25, 0.3) is 16.9 Å². The molecule has 0 unspecified atom stereocenters. The highest BCUT2D eigenvalue weighted by atomic mass is 19.1. The highest BCUT2D eigenvalue weighted by molar-refractivity contribution is 5.65. The summed E-state index contributed by atoms with van der Waals surface area (Å²) in [5.74, 6) is 0.698. The average Bonchev–Trinajstić information content (AvgIpc) is 2.81. The van der Waals surface area contributed by atoms with Gasteiger partial charge in [0.15, 0.2) is 5.82 Å². The summed E-state index contributed by atoms with van der Waals surface area (Å²) in [6.45, 7) is 8.74. The molecule has 0 aliphatic heterocycles. The molecule has 0 fully saturated rings. The summed E-state index contributed by atoms with van der Waals surface area (Å²) in [4.78, 5) is 26.6. The molecule has 0 aliphatic rings. The van der Waals surface area contributed by atoms with Gasteiger partial charge in [0.2, 0.25) is 5.88 Å². The van der Waals surface area contributed by atoms with E-state index in [2.05, 4.69) is 15.0 Å². The predicted molar refractivity (Wildman–Crippen MR) is 131 cm³/mol. The van der Waals surface area contributed by atoms with Gasteiger partial charge in [-0.15, -0.1) is 0 Å². The molecule has 4 rings (SSSR count). The van der Waals surface area contributed by atoms with E-state index in [4.69, 9.17) is 4.74 Å². The average molecular weight is 475 g/mol. The number of nitrogens with zero attached hydrogens (tertiary/aromatic N) is 4. The molecule has 0 atom stereocenters. The SMILES string of the molecule is Cc1cnc(C(C)(C)O)nc1-c1cccc(-n2c(C)nc(OCc3ccc(F)cc3)c(C)c2=O)c1. The standard InChI is InChI=1S/C27H27FN4O3/c1-16-14-29-26(27(4,5)34)31-23(16)20-7-6-8-22(13-20)32-18(3)30-24(17(2)25(32)33)35-15-19-9-11-21(28)12-10-19/h6-14,34H,15H2,1-5H3. The van der Waals surface area contributed by atoms with Crippen molar-refractivity contribution in [3.8, 4) is 22.8 Å². The van der Waals surface area contributed by atoms with Crippen LogP contribution in [-0.2, 0) is 12.2 Å². The summed E-state index contributed by atoms with van der Waals surface area (Å²) in [6, 6.07) is 13.4. The van der Waals surface area contributed by atoms with Crippen LogP contribution in [0.3, 0.4) is 0 Å². The Bertz CT molecular complexity index is 1440. The Labute approximate surface area is 202 Å². The lowest BCUT2D eigenvalue weighted by molar-refractivity contribution is 0.0688. The highest BCUT2D eigenvalue weighted by Crippen LogP contribution is 2.26. The number of aromatic nitrogens is 4. The Morgan fingerprint density at radius 3 is 2.46 bits per heavy atom. The van der Waals surface area contributed by atoms with Crippen molar-refractivity contribution in [3.63, 3.8) is 0 Å². The van der Waals surface area contributed by atoms with Gasteiger partial charge < -0.3 is 9.84 Å². The lowest BCUT2D eigenvalue weighted by Crippen LogP contribution is -2.25. The van der Waals surface area contributed by atoms with E-state index in [1.54, 1.807) is 46.0 Å². The minimum absolute atomic E-state index is 0.170. The summed E-state index contributed by atoms with van der Waals surface area (Å²) >= 11 is 0. The summed E-state index contributed by atoms with van der Waals surface area (Å²) in [6.07, 6.45) is 1.68. The second kappa shape index (κ2) is 9.38. The number of aryl methyl sites for hydroxylation is 2. The molecule has 0 spiro atoms. The van der Waals surface area contributed by atoms with E-state index in [1.165, 1.54) is 16.7 Å². The zero-order valence-corrected chi connectivity index (χ0v) is 20.3. The van der Waals surface area contributed by atoms with Crippen LogP contribution in [0.4, 0.5) is 4.39 Å². The second-order valence-corrected chi connectivity index (χ2v) is 8.98. The molecule has 35 heavy (non-hydrogen) atoms. The van der Waals surface area contributed by atoms with Gasteiger partial charge >= 0.3 is 0 Å². The molecule has 7 nitrogen and oxygen atoms in total. The number of aliphatic hydroxyl groups is 1.